The second-order valence-corrected chi connectivity index (χ2v) is 7.58. The molecular weight excluding hydrogens is 338 g/mol. The van der Waals surface area contributed by atoms with E-state index in [4.69, 9.17) is 0 Å². The van der Waals surface area contributed by atoms with E-state index >= 15 is 0 Å². The molecule has 0 saturated carbocycles. The molecule has 1 aliphatic rings. The minimum Gasteiger partial charge on any atom is -0.390 e. The number of likely N-dealkylation sites (tertiary alicyclic amines) is 1. The van der Waals surface area contributed by atoms with E-state index < -0.39 is 0 Å². The Bertz CT molecular complexity index is 1120. The highest BCUT2D eigenvalue weighted by atomic mass is 16.3. The van der Waals surface area contributed by atoms with Crippen molar-refractivity contribution in [1.82, 2.24) is 24.1 Å². The summed E-state index contributed by atoms with van der Waals surface area (Å²) in [7, 11) is 0. The van der Waals surface area contributed by atoms with E-state index in [-0.39, 0.29) is 6.10 Å². The number of hydrogen-bond donors (Lipinski definition) is 1. The lowest BCUT2D eigenvalue weighted by Gasteiger charge is -2.35. The van der Waals surface area contributed by atoms with Gasteiger partial charge in [0.1, 0.15) is 5.82 Å². The van der Waals surface area contributed by atoms with Crippen molar-refractivity contribution in [2.45, 2.75) is 33.0 Å². The summed E-state index contributed by atoms with van der Waals surface area (Å²) in [4.78, 5) is 2.26. The first-order valence-electron chi connectivity index (χ1n) is 9.37. The predicted octanol–water partition coefficient (Wildman–Crippen LogP) is 2.53. The topological polar surface area (TPSA) is 58.6 Å². The Morgan fingerprint density at radius 3 is 2.33 bits per heavy atom. The zero-order valence-electron chi connectivity index (χ0n) is 15.6. The number of aromatic nitrogens is 4. The summed E-state index contributed by atoms with van der Waals surface area (Å²) in [6.07, 6.45) is -0.143. The van der Waals surface area contributed by atoms with Gasteiger partial charge in [0.2, 0.25) is 0 Å². The highest BCUT2D eigenvalue weighted by molar-refractivity contribution is 5.81. The van der Waals surface area contributed by atoms with Crippen molar-refractivity contribution in [3.05, 3.63) is 65.1 Å². The van der Waals surface area contributed by atoms with Crippen molar-refractivity contribution in [2.24, 2.45) is 0 Å². The summed E-state index contributed by atoms with van der Waals surface area (Å²) < 4.78 is 4.46. The number of pyridine rings is 1. The molecule has 4 heterocycles. The Balaban J connectivity index is 1.43. The van der Waals surface area contributed by atoms with Gasteiger partial charge in [-0.25, -0.2) is 0 Å². The number of hydrogen-bond acceptors (Lipinski definition) is 4. The van der Waals surface area contributed by atoms with Crippen LogP contribution in [0.4, 0.5) is 0 Å². The standard InChI is InChI=1S/C21H23N5O/c1-14-9-20-19(7-8-21-23-22-15(2)26(20)21)25(14)11-17-5-3-16(4-6-17)10-24-12-18(27)13-24/h3-9,18,27H,10-13H2,1-2H3. The number of aliphatic hydroxyl groups is 1. The molecule has 3 aromatic heterocycles. The van der Waals surface area contributed by atoms with E-state index in [1.165, 1.54) is 22.3 Å². The highest BCUT2D eigenvalue weighted by Crippen LogP contribution is 2.23. The molecule has 6 nitrogen and oxygen atoms in total. The van der Waals surface area contributed by atoms with Gasteiger partial charge in [0.05, 0.1) is 17.1 Å². The molecule has 0 spiro atoms. The lowest BCUT2D eigenvalue weighted by Crippen LogP contribution is -2.49. The molecule has 1 saturated heterocycles. The Hall–Kier alpha value is -2.70. The van der Waals surface area contributed by atoms with E-state index in [1.54, 1.807) is 0 Å². The Morgan fingerprint density at radius 2 is 1.63 bits per heavy atom. The van der Waals surface area contributed by atoms with E-state index in [0.29, 0.717) is 0 Å². The Kier molecular flexibility index (Phi) is 3.77. The van der Waals surface area contributed by atoms with E-state index in [0.717, 1.165) is 43.2 Å². The van der Waals surface area contributed by atoms with Crippen molar-refractivity contribution in [2.75, 3.05) is 13.1 Å². The van der Waals surface area contributed by atoms with Crippen molar-refractivity contribution >= 4 is 16.7 Å². The second kappa shape index (κ2) is 6.18. The molecular formula is C21H23N5O. The van der Waals surface area contributed by atoms with E-state index in [1.807, 2.05) is 13.0 Å². The Labute approximate surface area is 157 Å². The number of rotatable bonds is 4. The van der Waals surface area contributed by atoms with Crippen molar-refractivity contribution in [3.8, 4) is 0 Å². The van der Waals surface area contributed by atoms with Crippen LogP contribution in [0.3, 0.4) is 0 Å². The molecule has 27 heavy (non-hydrogen) atoms. The van der Waals surface area contributed by atoms with Crippen LogP contribution in [0.5, 0.6) is 0 Å². The maximum atomic E-state index is 9.41. The first kappa shape index (κ1) is 16.5. The molecule has 0 amide bonds. The van der Waals surface area contributed by atoms with Crippen LogP contribution in [-0.2, 0) is 13.1 Å². The van der Waals surface area contributed by atoms with Crippen LogP contribution in [0, 0.1) is 13.8 Å². The molecule has 1 fully saturated rings. The average molecular weight is 361 g/mol. The molecule has 4 aromatic rings. The van der Waals surface area contributed by atoms with Gasteiger partial charge in [-0.15, -0.1) is 10.2 Å². The summed E-state index contributed by atoms with van der Waals surface area (Å²) in [6, 6.07) is 15.2. The third-order valence-electron chi connectivity index (χ3n) is 5.51. The largest absolute Gasteiger partial charge is 0.390 e. The molecule has 138 valence electrons. The quantitative estimate of drug-likeness (QED) is 0.607. The minimum atomic E-state index is -0.143. The van der Waals surface area contributed by atoms with Gasteiger partial charge in [0, 0.05) is 31.9 Å². The third-order valence-corrected chi connectivity index (χ3v) is 5.51. The van der Waals surface area contributed by atoms with Gasteiger partial charge in [-0.1, -0.05) is 24.3 Å². The summed E-state index contributed by atoms with van der Waals surface area (Å²) in [6.45, 7) is 7.45. The lowest BCUT2D eigenvalue weighted by molar-refractivity contribution is -0.00286. The van der Waals surface area contributed by atoms with Gasteiger partial charge in [-0.05, 0) is 43.2 Å². The van der Waals surface area contributed by atoms with Crippen molar-refractivity contribution < 1.29 is 5.11 Å². The first-order valence-corrected chi connectivity index (χ1v) is 9.37. The fourth-order valence-electron chi connectivity index (χ4n) is 4.04. The van der Waals surface area contributed by atoms with Crippen LogP contribution in [0.1, 0.15) is 22.6 Å². The normalized spacial score (nSPS) is 15.7. The molecule has 0 unspecified atom stereocenters. The number of fused-ring (bicyclic) bond motifs is 3. The van der Waals surface area contributed by atoms with Gasteiger partial charge in [0.15, 0.2) is 5.65 Å². The molecule has 1 aliphatic heterocycles. The minimum absolute atomic E-state index is 0.143. The fourth-order valence-corrected chi connectivity index (χ4v) is 4.04. The predicted molar refractivity (Wildman–Crippen MR) is 105 cm³/mol. The number of aryl methyl sites for hydroxylation is 2. The fraction of sp³-hybridized carbons (Fsp3) is 0.333. The molecule has 0 bridgehead atoms. The maximum absolute atomic E-state index is 9.41. The summed E-state index contributed by atoms with van der Waals surface area (Å²) in [5.41, 5.74) is 7.04. The summed E-state index contributed by atoms with van der Waals surface area (Å²) in [5.74, 6) is 0.910. The van der Waals surface area contributed by atoms with E-state index in [9.17, 15) is 5.11 Å². The summed E-state index contributed by atoms with van der Waals surface area (Å²) in [5, 5.41) is 17.8. The number of nitrogens with zero attached hydrogens (tertiary/aromatic N) is 5. The summed E-state index contributed by atoms with van der Waals surface area (Å²) >= 11 is 0. The SMILES string of the molecule is Cc1cc2c(ccc3nnc(C)n32)n1Cc1ccc(CN2CC(O)C2)cc1. The monoisotopic (exact) mass is 361 g/mol. The van der Waals surface area contributed by atoms with Gasteiger partial charge < -0.3 is 9.67 Å². The zero-order valence-corrected chi connectivity index (χ0v) is 15.6. The van der Waals surface area contributed by atoms with E-state index in [2.05, 4.69) is 67.4 Å². The van der Waals surface area contributed by atoms with Crippen LogP contribution < -0.4 is 0 Å². The third kappa shape index (κ3) is 2.81. The molecule has 0 atom stereocenters. The molecule has 1 N–H and O–H groups in total. The molecule has 0 radical (unpaired) electrons. The second-order valence-electron chi connectivity index (χ2n) is 7.58. The van der Waals surface area contributed by atoms with Gasteiger partial charge in [0.25, 0.3) is 0 Å². The van der Waals surface area contributed by atoms with Crippen molar-refractivity contribution in [3.63, 3.8) is 0 Å². The van der Waals surface area contributed by atoms with Gasteiger partial charge in [-0.2, -0.15) is 0 Å². The molecule has 1 aromatic carbocycles. The molecule has 6 heteroatoms. The zero-order chi connectivity index (χ0) is 18.5. The van der Waals surface area contributed by atoms with Crippen LogP contribution in [0.15, 0.2) is 42.5 Å². The van der Waals surface area contributed by atoms with Crippen LogP contribution >= 0.6 is 0 Å². The first-order chi connectivity index (χ1) is 13.1. The van der Waals surface area contributed by atoms with Gasteiger partial charge >= 0.3 is 0 Å². The highest BCUT2D eigenvalue weighted by Gasteiger charge is 2.23. The number of aliphatic hydroxyl groups excluding tert-OH is 1. The average Bonchev–Trinajstić information content (AvgIpc) is 3.16. The number of β-amino-alcohol motifs (C(OH)–C–C–N with tert-alkyl or cyclic N) is 1. The lowest BCUT2D eigenvalue weighted by atomic mass is 10.1. The van der Waals surface area contributed by atoms with Crippen LogP contribution in [-0.4, -0.2) is 48.4 Å². The molecule has 0 aliphatic carbocycles. The van der Waals surface area contributed by atoms with Gasteiger partial charge in [-0.3, -0.25) is 9.30 Å². The van der Waals surface area contributed by atoms with Crippen LogP contribution in [0.2, 0.25) is 0 Å². The number of benzene rings is 1. The molecule has 5 rings (SSSR count). The Morgan fingerprint density at radius 1 is 0.926 bits per heavy atom. The smallest absolute Gasteiger partial charge is 0.161 e. The maximum Gasteiger partial charge on any atom is 0.161 e. The van der Waals surface area contributed by atoms with Crippen LogP contribution in [0.25, 0.3) is 16.7 Å². The van der Waals surface area contributed by atoms with Crippen molar-refractivity contribution in [1.29, 1.82) is 0 Å².